The average Bonchev–Trinajstić information content (AvgIpc) is 2.86. The predicted octanol–water partition coefficient (Wildman–Crippen LogP) is 3.24. The molecule has 0 atom stereocenters. The van der Waals surface area contributed by atoms with E-state index >= 15 is 0 Å². The molecule has 3 aromatic rings. The van der Waals surface area contributed by atoms with E-state index in [0.717, 1.165) is 36.0 Å². The number of hydrogen-bond donors (Lipinski definition) is 1. The zero-order valence-electron chi connectivity index (χ0n) is 13.7. The smallest absolute Gasteiger partial charge is 0.174 e. The van der Waals surface area contributed by atoms with Gasteiger partial charge in [-0.15, -0.1) is 0 Å². The van der Waals surface area contributed by atoms with Crippen molar-refractivity contribution in [2.45, 2.75) is 27.2 Å². The molecule has 0 unspecified atom stereocenters. The molecule has 0 amide bonds. The molecule has 2 heterocycles. The molecule has 0 aliphatic carbocycles. The summed E-state index contributed by atoms with van der Waals surface area (Å²) in [7, 11) is 0. The summed E-state index contributed by atoms with van der Waals surface area (Å²) >= 11 is 0. The first-order valence-corrected chi connectivity index (χ1v) is 7.77. The van der Waals surface area contributed by atoms with Gasteiger partial charge < -0.3 is 5.32 Å². The Bertz CT molecular complexity index is 807. The maximum Gasteiger partial charge on any atom is 0.174 e. The van der Waals surface area contributed by atoms with Crippen molar-refractivity contribution in [1.29, 1.82) is 0 Å². The fourth-order valence-electron chi connectivity index (χ4n) is 2.61. The van der Waals surface area contributed by atoms with E-state index in [1.807, 2.05) is 24.6 Å². The number of anilines is 1. The van der Waals surface area contributed by atoms with Crippen LogP contribution in [0.3, 0.4) is 0 Å². The zero-order valence-corrected chi connectivity index (χ0v) is 13.7. The second-order valence-corrected chi connectivity index (χ2v) is 5.77. The second kappa shape index (κ2) is 6.60. The maximum atomic E-state index is 4.59. The van der Waals surface area contributed by atoms with E-state index < -0.39 is 0 Å². The van der Waals surface area contributed by atoms with Crippen LogP contribution in [0.5, 0.6) is 0 Å². The molecular formula is C18H21N5. The molecular weight excluding hydrogens is 286 g/mol. The van der Waals surface area contributed by atoms with Crippen LogP contribution in [-0.4, -0.2) is 26.3 Å². The molecule has 1 N–H and O–H groups in total. The first kappa shape index (κ1) is 15.2. The lowest BCUT2D eigenvalue weighted by molar-refractivity contribution is 0.799. The Hall–Kier alpha value is -2.69. The summed E-state index contributed by atoms with van der Waals surface area (Å²) in [5, 5.41) is 7.78. The van der Waals surface area contributed by atoms with Gasteiger partial charge in [-0.1, -0.05) is 29.8 Å². The monoisotopic (exact) mass is 307 g/mol. The van der Waals surface area contributed by atoms with Crippen molar-refractivity contribution in [3.05, 3.63) is 65.2 Å². The fourth-order valence-corrected chi connectivity index (χ4v) is 2.61. The number of nitrogens with zero attached hydrogens (tertiary/aromatic N) is 4. The molecule has 0 radical (unpaired) electrons. The largest absolute Gasteiger partial charge is 0.368 e. The van der Waals surface area contributed by atoms with E-state index in [4.69, 9.17) is 0 Å². The van der Waals surface area contributed by atoms with Crippen LogP contribution in [0.1, 0.15) is 22.5 Å². The van der Waals surface area contributed by atoms with Gasteiger partial charge in [-0.3, -0.25) is 4.98 Å². The minimum Gasteiger partial charge on any atom is -0.368 e. The molecule has 5 heteroatoms. The molecule has 0 aliphatic rings. The van der Waals surface area contributed by atoms with Gasteiger partial charge in [-0.2, -0.15) is 5.10 Å². The highest BCUT2D eigenvalue weighted by Gasteiger charge is 2.06. The van der Waals surface area contributed by atoms with E-state index in [9.17, 15) is 0 Å². The summed E-state index contributed by atoms with van der Waals surface area (Å²) in [6, 6.07) is 10.6. The van der Waals surface area contributed by atoms with Crippen LogP contribution in [0, 0.1) is 20.8 Å². The lowest BCUT2D eigenvalue weighted by Crippen LogP contribution is -2.09. The van der Waals surface area contributed by atoms with Gasteiger partial charge in [0.1, 0.15) is 5.82 Å². The molecule has 0 saturated heterocycles. The van der Waals surface area contributed by atoms with Gasteiger partial charge >= 0.3 is 0 Å². The fraction of sp³-hybridized carbons (Fsp3) is 0.278. The lowest BCUT2D eigenvalue weighted by Gasteiger charge is -2.08. The summed E-state index contributed by atoms with van der Waals surface area (Å²) in [6.45, 7) is 6.92. The quantitative estimate of drug-likeness (QED) is 0.786. The Kier molecular flexibility index (Phi) is 4.37. The van der Waals surface area contributed by atoms with Crippen molar-refractivity contribution >= 4 is 5.82 Å². The number of nitrogens with one attached hydrogen (secondary N) is 1. The Morgan fingerprint density at radius 3 is 2.70 bits per heavy atom. The minimum absolute atomic E-state index is 0.733. The molecule has 3 rings (SSSR count). The van der Waals surface area contributed by atoms with E-state index in [2.05, 4.69) is 51.6 Å². The highest BCUT2D eigenvalue weighted by Crippen LogP contribution is 2.11. The Morgan fingerprint density at radius 2 is 1.96 bits per heavy atom. The summed E-state index contributed by atoms with van der Waals surface area (Å²) in [5.74, 6) is 1.50. The Balaban J connectivity index is 1.67. The van der Waals surface area contributed by atoms with Crippen molar-refractivity contribution in [3.63, 3.8) is 0 Å². The van der Waals surface area contributed by atoms with Crippen molar-refractivity contribution in [3.8, 4) is 5.82 Å². The molecule has 1 aromatic carbocycles. The van der Waals surface area contributed by atoms with Crippen LogP contribution < -0.4 is 5.32 Å². The molecule has 0 aliphatic heterocycles. The molecule has 0 saturated carbocycles. The SMILES string of the molecule is Cc1cccc(CCNc2cncc(-n3nc(C)cc3C)n2)c1. The zero-order chi connectivity index (χ0) is 16.2. The van der Waals surface area contributed by atoms with Crippen molar-refractivity contribution in [1.82, 2.24) is 19.7 Å². The predicted molar refractivity (Wildman–Crippen MR) is 92.0 cm³/mol. The minimum atomic E-state index is 0.733. The standard InChI is InChI=1S/C18H21N5/c1-13-5-4-6-16(9-13)7-8-20-17-11-19-12-18(21-17)23-15(3)10-14(2)22-23/h4-6,9-12H,7-8H2,1-3H3,(H,20,21). The molecule has 118 valence electrons. The van der Waals surface area contributed by atoms with Crippen LogP contribution in [0.2, 0.25) is 0 Å². The summed E-state index contributed by atoms with van der Waals surface area (Å²) in [6.07, 6.45) is 4.42. The highest BCUT2D eigenvalue weighted by molar-refractivity contribution is 5.37. The molecule has 5 nitrogen and oxygen atoms in total. The van der Waals surface area contributed by atoms with Crippen LogP contribution in [0.25, 0.3) is 5.82 Å². The first-order valence-electron chi connectivity index (χ1n) is 7.77. The topological polar surface area (TPSA) is 55.6 Å². The number of aromatic nitrogens is 4. The van der Waals surface area contributed by atoms with Gasteiger partial charge in [0.15, 0.2) is 5.82 Å². The van der Waals surface area contributed by atoms with E-state index in [1.165, 1.54) is 11.1 Å². The van der Waals surface area contributed by atoms with Crippen LogP contribution in [-0.2, 0) is 6.42 Å². The first-order chi connectivity index (χ1) is 11.1. The third-order valence-electron chi connectivity index (χ3n) is 3.65. The average molecular weight is 307 g/mol. The third kappa shape index (κ3) is 3.74. The van der Waals surface area contributed by atoms with Crippen molar-refractivity contribution in [2.24, 2.45) is 0 Å². The number of hydrogen-bond acceptors (Lipinski definition) is 4. The molecule has 0 spiro atoms. The van der Waals surface area contributed by atoms with Crippen LogP contribution in [0.15, 0.2) is 42.7 Å². The van der Waals surface area contributed by atoms with E-state index in [1.54, 1.807) is 12.4 Å². The van der Waals surface area contributed by atoms with Gasteiger partial charge in [0.2, 0.25) is 0 Å². The third-order valence-corrected chi connectivity index (χ3v) is 3.65. The normalized spacial score (nSPS) is 10.7. The number of benzene rings is 1. The molecule has 23 heavy (non-hydrogen) atoms. The van der Waals surface area contributed by atoms with Gasteiger partial charge in [0.25, 0.3) is 0 Å². The van der Waals surface area contributed by atoms with E-state index in [0.29, 0.717) is 0 Å². The molecule has 0 fully saturated rings. The van der Waals surface area contributed by atoms with Gasteiger partial charge in [0, 0.05) is 12.2 Å². The second-order valence-electron chi connectivity index (χ2n) is 5.77. The van der Waals surface area contributed by atoms with Crippen LogP contribution >= 0.6 is 0 Å². The maximum absolute atomic E-state index is 4.59. The van der Waals surface area contributed by atoms with Gasteiger partial charge in [-0.05, 0) is 38.8 Å². The van der Waals surface area contributed by atoms with E-state index in [-0.39, 0.29) is 0 Å². The van der Waals surface area contributed by atoms with Crippen molar-refractivity contribution < 1.29 is 0 Å². The van der Waals surface area contributed by atoms with Crippen molar-refractivity contribution in [2.75, 3.05) is 11.9 Å². The highest BCUT2D eigenvalue weighted by atomic mass is 15.3. The summed E-state index contributed by atoms with van der Waals surface area (Å²) < 4.78 is 1.81. The number of rotatable bonds is 5. The Labute approximate surface area is 136 Å². The molecule has 2 aromatic heterocycles. The number of aryl methyl sites for hydroxylation is 3. The van der Waals surface area contributed by atoms with Gasteiger partial charge in [-0.25, -0.2) is 9.67 Å². The lowest BCUT2D eigenvalue weighted by atomic mass is 10.1. The summed E-state index contributed by atoms with van der Waals surface area (Å²) in [5.41, 5.74) is 4.63. The summed E-state index contributed by atoms with van der Waals surface area (Å²) in [4.78, 5) is 8.86. The Morgan fingerprint density at radius 1 is 1.09 bits per heavy atom. The molecule has 0 bridgehead atoms. The van der Waals surface area contributed by atoms with Crippen LogP contribution in [0.4, 0.5) is 5.82 Å². The van der Waals surface area contributed by atoms with Gasteiger partial charge in [0.05, 0.1) is 18.1 Å².